The fourth-order valence-corrected chi connectivity index (χ4v) is 1.44. The Bertz CT molecular complexity index is 627. The van der Waals surface area contributed by atoms with Crippen molar-refractivity contribution in [2.24, 2.45) is 0 Å². The lowest BCUT2D eigenvalue weighted by molar-refractivity contribution is 1.12. The summed E-state index contributed by atoms with van der Waals surface area (Å²) < 4.78 is 0. The molecule has 0 bridgehead atoms. The number of nitrogens with zero attached hydrogens (tertiary/aromatic N) is 2. The number of H-pyrrole nitrogens is 1. The topological polar surface area (TPSA) is 81.6 Å². The molecule has 0 aliphatic heterocycles. The molecule has 0 saturated carbocycles. The predicted octanol–water partition coefficient (Wildman–Crippen LogP) is 2.04. The van der Waals surface area contributed by atoms with Gasteiger partial charge < -0.3 is 5.32 Å². The van der Waals surface area contributed by atoms with E-state index >= 15 is 0 Å². The van der Waals surface area contributed by atoms with Crippen LogP contribution < -0.4 is 10.9 Å². The molecule has 1 heterocycles. The van der Waals surface area contributed by atoms with Crippen molar-refractivity contribution in [2.45, 2.75) is 0 Å². The SMILES string of the molecule is N#Cc1ccc(Nc2nc(Cl)cc(=O)[nH]2)cc1. The minimum Gasteiger partial charge on any atom is -0.326 e. The van der Waals surface area contributed by atoms with Crippen LogP contribution in [0.1, 0.15) is 5.56 Å². The minimum atomic E-state index is -0.332. The highest BCUT2D eigenvalue weighted by Crippen LogP contribution is 2.13. The van der Waals surface area contributed by atoms with Gasteiger partial charge in [-0.05, 0) is 24.3 Å². The molecule has 6 heteroatoms. The molecule has 5 nitrogen and oxygen atoms in total. The fraction of sp³-hybridized carbons (Fsp3) is 0. The van der Waals surface area contributed by atoms with E-state index in [-0.39, 0.29) is 16.7 Å². The Morgan fingerprint density at radius 2 is 2.06 bits per heavy atom. The lowest BCUT2D eigenvalue weighted by atomic mass is 10.2. The molecular formula is C11H7ClN4O. The predicted molar refractivity (Wildman–Crippen MR) is 64.3 cm³/mol. The highest BCUT2D eigenvalue weighted by atomic mass is 35.5. The first-order chi connectivity index (χ1) is 8.17. The summed E-state index contributed by atoms with van der Waals surface area (Å²) >= 11 is 5.65. The van der Waals surface area contributed by atoms with E-state index in [1.165, 1.54) is 6.07 Å². The standard InChI is InChI=1S/C11H7ClN4O/c12-9-5-10(17)16-11(15-9)14-8-3-1-7(6-13)2-4-8/h1-5H,(H2,14,15,16,17). The number of benzene rings is 1. The van der Waals surface area contributed by atoms with Gasteiger partial charge >= 0.3 is 0 Å². The van der Waals surface area contributed by atoms with E-state index in [1.807, 2.05) is 6.07 Å². The van der Waals surface area contributed by atoms with Crippen molar-refractivity contribution in [1.82, 2.24) is 9.97 Å². The first kappa shape index (κ1) is 11.2. The minimum absolute atomic E-state index is 0.116. The monoisotopic (exact) mass is 246 g/mol. The third-order valence-electron chi connectivity index (χ3n) is 1.99. The molecule has 0 fully saturated rings. The molecule has 0 radical (unpaired) electrons. The van der Waals surface area contributed by atoms with E-state index in [0.717, 1.165) is 0 Å². The van der Waals surface area contributed by atoms with Gasteiger partial charge in [0.1, 0.15) is 5.15 Å². The van der Waals surface area contributed by atoms with Crippen molar-refractivity contribution in [3.63, 3.8) is 0 Å². The molecular weight excluding hydrogens is 240 g/mol. The maximum absolute atomic E-state index is 11.1. The number of aromatic nitrogens is 2. The van der Waals surface area contributed by atoms with Crippen LogP contribution in [0.25, 0.3) is 0 Å². The first-order valence-corrected chi connectivity index (χ1v) is 5.09. The van der Waals surface area contributed by atoms with Gasteiger partial charge in [-0.15, -0.1) is 0 Å². The molecule has 1 aromatic carbocycles. The van der Waals surface area contributed by atoms with Gasteiger partial charge in [0.15, 0.2) is 0 Å². The van der Waals surface area contributed by atoms with E-state index in [1.54, 1.807) is 24.3 Å². The van der Waals surface area contributed by atoms with E-state index in [4.69, 9.17) is 16.9 Å². The number of hydrogen-bond donors (Lipinski definition) is 2. The van der Waals surface area contributed by atoms with Gasteiger partial charge in [-0.3, -0.25) is 9.78 Å². The normalized spacial score (nSPS) is 9.65. The average molecular weight is 247 g/mol. The summed E-state index contributed by atoms with van der Waals surface area (Å²) in [5, 5.41) is 11.6. The zero-order chi connectivity index (χ0) is 12.3. The van der Waals surface area contributed by atoms with Crippen molar-refractivity contribution >= 4 is 23.2 Å². The van der Waals surface area contributed by atoms with Crippen LogP contribution in [0.4, 0.5) is 11.6 Å². The molecule has 2 rings (SSSR count). The Morgan fingerprint density at radius 3 is 2.65 bits per heavy atom. The number of nitrogens with one attached hydrogen (secondary N) is 2. The molecule has 0 aliphatic rings. The average Bonchev–Trinajstić information content (AvgIpc) is 2.28. The smallest absolute Gasteiger partial charge is 0.253 e. The van der Waals surface area contributed by atoms with Crippen LogP contribution in [0.2, 0.25) is 5.15 Å². The third kappa shape index (κ3) is 2.83. The fourth-order valence-electron chi connectivity index (χ4n) is 1.25. The van der Waals surface area contributed by atoms with Crippen LogP contribution in [-0.2, 0) is 0 Å². The Labute approximate surface area is 102 Å². The summed E-state index contributed by atoms with van der Waals surface area (Å²) in [6, 6.07) is 9.93. The van der Waals surface area contributed by atoms with Gasteiger partial charge in [0.2, 0.25) is 5.95 Å². The molecule has 0 amide bonds. The second kappa shape index (κ2) is 4.68. The number of halogens is 1. The molecule has 0 aliphatic carbocycles. The van der Waals surface area contributed by atoms with Crippen molar-refractivity contribution in [1.29, 1.82) is 5.26 Å². The van der Waals surface area contributed by atoms with Crippen LogP contribution in [0.5, 0.6) is 0 Å². The Balaban J connectivity index is 2.25. The van der Waals surface area contributed by atoms with Gasteiger partial charge in [-0.1, -0.05) is 11.6 Å². The Kier molecular flexibility index (Phi) is 3.08. The van der Waals surface area contributed by atoms with Crippen molar-refractivity contribution in [2.75, 3.05) is 5.32 Å². The largest absolute Gasteiger partial charge is 0.326 e. The van der Waals surface area contributed by atoms with Gasteiger partial charge in [-0.2, -0.15) is 5.26 Å². The summed E-state index contributed by atoms with van der Waals surface area (Å²) in [5.74, 6) is 0.257. The number of hydrogen-bond acceptors (Lipinski definition) is 4. The zero-order valence-electron chi connectivity index (χ0n) is 8.57. The zero-order valence-corrected chi connectivity index (χ0v) is 9.32. The highest BCUT2D eigenvalue weighted by Gasteiger charge is 2.00. The van der Waals surface area contributed by atoms with Gasteiger partial charge in [-0.25, -0.2) is 4.98 Å². The molecule has 0 spiro atoms. The van der Waals surface area contributed by atoms with Crippen molar-refractivity contribution in [3.8, 4) is 6.07 Å². The lowest BCUT2D eigenvalue weighted by Gasteiger charge is -2.04. The van der Waals surface area contributed by atoms with Crippen LogP contribution in [0.15, 0.2) is 35.1 Å². The van der Waals surface area contributed by atoms with Crippen LogP contribution in [0, 0.1) is 11.3 Å². The number of nitriles is 1. The van der Waals surface area contributed by atoms with E-state index < -0.39 is 0 Å². The molecule has 17 heavy (non-hydrogen) atoms. The summed E-state index contributed by atoms with van der Waals surface area (Å²) in [7, 11) is 0. The maximum atomic E-state index is 11.1. The molecule has 84 valence electrons. The molecule has 0 saturated heterocycles. The molecule has 0 atom stereocenters. The van der Waals surface area contributed by atoms with Gasteiger partial charge in [0, 0.05) is 11.8 Å². The van der Waals surface area contributed by atoms with E-state index in [9.17, 15) is 4.79 Å². The van der Waals surface area contributed by atoms with Gasteiger partial charge in [0.05, 0.1) is 11.6 Å². The van der Waals surface area contributed by atoms with Crippen LogP contribution in [0.3, 0.4) is 0 Å². The number of aromatic amines is 1. The summed E-state index contributed by atoms with van der Waals surface area (Å²) in [5.41, 5.74) is 0.929. The second-order valence-corrected chi connectivity index (χ2v) is 3.62. The number of anilines is 2. The Hall–Kier alpha value is -2.32. The molecule has 2 N–H and O–H groups in total. The molecule has 2 aromatic rings. The van der Waals surface area contributed by atoms with Crippen molar-refractivity contribution < 1.29 is 0 Å². The number of rotatable bonds is 2. The summed E-state index contributed by atoms with van der Waals surface area (Å²) in [4.78, 5) is 17.5. The summed E-state index contributed by atoms with van der Waals surface area (Å²) in [6.45, 7) is 0. The third-order valence-corrected chi connectivity index (χ3v) is 2.18. The van der Waals surface area contributed by atoms with E-state index in [2.05, 4.69) is 15.3 Å². The first-order valence-electron chi connectivity index (χ1n) is 4.71. The maximum Gasteiger partial charge on any atom is 0.253 e. The lowest BCUT2D eigenvalue weighted by Crippen LogP contribution is -2.09. The quantitative estimate of drug-likeness (QED) is 0.795. The highest BCUT2D eigenvalue weighted by molar-refractivity contribution is 6.29. The van der Waals surface area contributed by atoms with Crippen LogP contribution >= 0.6 is 11.6 Å². The van der Waals surface area contributed by atoms with Crippen molar-refractivity contribution in [3.05, 3.63) is 51.4 Å². The van der Waals surface area contributed by atoms with Crippen LogP contribution in [-0.4, -0.2) is 9.97 Å². The molecule has 1 aromatic heterocycles. The Morgan fingerprint density at radius 1 is 1.35 bits per heavy atom. The van der Waals surface area contributed by atoms with E-state index in [0.29, 0.717) is 11.3 Å². The summed E-state index contributed by atoms with van der Waals surface area (Å²) in [6.07, 6.45) is 0. The molecule has 0 unspecified atom stereocenters. The second-order valence-electron chi connectivity index (χ2n) is 3.23. The van der Waals surface area contributed by atoms with Gasteiger partial charge in [0.25, 0.3) is 5.56 Å².